The highest BCUT2D eigenvalue weighted by atomic mass is 19.2. The number of amides is 2. The van der Waals surface area contributed by atoms with Gasteiger partial charge in [0.25, 0.3) is 5.56 Å². The lowest BCUT2D eigenvalue weighted by Gasteiger charge is -2.46. The Morgan fingerprint density at radius 3 is 2.52 bits per heavy atom. The Labute approximate surface area is 258 Å². The minimum atomic E-state index is -0.848. The van der Waals surface area contributed by atoms with Crippen molar-refractivity contribution in [2.45, 2.75) is 63.5 Å². The summed E-state index contributed by atoms with van der Waals surface area (Å²) in [7, 11) is 5.15. The Morgan fingerprint density at radius 2 is 1.80 bits per heavy atom. The number of rotatable bonds is 4. The monoisotopic (exact) mass is 607 g/mol. The van der Waals surface area contributed by atoms with Crippen molar-refractivity contribution in [2.75, 3.05) is 33.8 Å². The first-order valence-corrected chi connectivity index (χ1v) is 15.6. The van der Waals surface area contributed by atoms with Crippen molar-refractivity contribution < 1.29 is 18.3 Å². The van der Waals surface area contributed by atoms with Gasteiger partial charge in [-0.3, -0.25) is 4.79 Å². The number of likely N-dealkylation sites (tertiary alicyclic amines) is 2. The van der Waals surface area contributed by atoms with E-state index in [0.29, 0.717) is 30.0 Å². The molecule has 10 heteroatoms. The number of aromatic nitrogens is 2. The fourth-order valence-corrected chi connectivity index (χ4v) is 7.08. The number of urea groups is 1. The molecule has 2 unspecified atom stereocenters. The van der Waals surface area contributed by atoms with Crippen LogP contribution in [0.5, 0.6) is 5.75 Å². The Morgan fingerprint density at radius 1 is 1.05 bits per heavy atom. The summed E-state index contributed by atoms with van der Waals surface area (Å²) >= 11 is 0. The van der Waals surface area contributed by atoms with Crippen LogP contribution in [0.3, 0.4) is 0 Å². The zero-order valence-corrected chi connectivity index (χ0v) is 25.9. The number of hydrogen-bond donors (Lipinski definition) is 1. The van der Waals surface area contributed by atoms with Gasteiger partial charge in [-0.2, -0.15) is 0 Å². The van der Waals surface area contributed by atoms with Crippen molar-refractivity contribution in [1.82, 2.24) is 24.7 Å². The standard InChI is InChI=1S/C22H31F2N3O.C12H12N2O2/c1-25-16-8-13-27(19(14-16)17-6-4-7-18(23)20(17)24)21(28)26-12-5-11-22(15-26)9-2-3-10-22;1-14-8-13-10(7-12(14)15)9-5-3-4-6-11(9)16-2/h4,6-7,16,19,25H,2-3,5,8-15H2,1H3;3-8H,1-2H3. The third kappa shape index (κ3) is 6.80. The van der Waals surface area contributed by atoms with Crippen LogP contribution in [0.25, 0.3) is 11.3 Å². The summed E-state index contributed by atoms with van der Waals surface area (Å²) in [6, 6.07) is 13.0. The number of benzene rings is 2. The lowest BCUT2D eigenvalue weighted by molar-refractivity contribution is 0.0646. The number of methoxy groups -OCH3 is 1. The molecule has 3 fully saturated rings. The van der Waals surface area contributed by atoms with Crippen LogP contribution in [-0.2, 0) is 7.05 Å². The average molecular weight is 608 g/mol. The van der Waals surface area contributed by atoms with Crippen LogP contribution in [0.2, 0.25) is 0 Å². The summed E-state index contributed by atoms with van der Waals surface area (Å²) in [6.07, 6.45) is 10.1. The average Bonchev–Trinajstić information content (AvgIpc) is 3.50. The molecule has 2 atom stereocenters. The van der Waals surface area contributed by atoms with Crippen molar-refractivity contribution in [3.63, 3.8) is 0 Å². The maximum Gasteiger partial charge on any atom is 0.320 e. The first kappa shape index (κ1) is 31.6. The third-order valence-electron chi connectivity index (χ3n) is 9.55. The van der Waals surface area contributed by atoms with Gasteiger partial charge in [0.15, 0.2) is 11.6 Å². The van der Waals surface area contributed by atoms with E-state index in [1.54, 1.807) is 25.1 Å². The lowest BCUT2D eigenvalue weighted by atomic mass is 9.78. The van der Waals surface area contributed by atoms with E-state index in [4.69, 9.17) is 4.74 Å². The van der Waals surface area contributed by atoms with E-state index in [0.717, 1.165) is 37.6 Å². The van der Waals surface area contributed by atoms with Gasteiger partial charge < -0.3 is 24.4 Å². The number of para-hydroxylation sites is 1. The fourth-order valence-electron chi connectivity index (χ4n) is 7.08. The van der Waals surface area contributed by atoms with Gasteiger partial charge in [-0.15, -0.1) is 0 Å². The topological polar surface area (TPSA) is 79.7 Å². The van der Waals surface area contributed by atoms with Crippen LogP contribution in [0.4, 0.5) is 13.6 Å². The number of hydrogen-bond acceptors (Lipinski definition) is 5. The van der Waals surface area contributed by atoms with Gasteiger partial charge in [0.05, 0.1) is 25.2 Å². The van der Waals surface area contributed by atoms with Crippen molar-refractivity contribution >= 4 is 6.03 Å². The molecule has 44 heavy (non-hydrogen) atoms. The van der Waals surface area contributed by atoms with E-state index < -0.39 is 17.7 Å². The molecule has 1 saturated carbocycles. The number of ether oxygens (including phenoxy) is 1. The molecule has 2 saturated heterocycles. The quantitative estimate of drug-likeness (QED) is 0.398. The summed E-state index contributed by atoms with van der Waals surface area (Å²) < 4.78 is 35.1. The normalized spacial score (nSPS) is 21.1. The van der Waals surface area contributed by atoms with E-state index in [9.17, 15) is 18.4 Å². The largest absolute Gasteiger partial charge is 0.496 e. The highest BCUT2D eigenvalue weighted by molar-refractivity contribution is 5.75. The van der Waals surface area contributed by atoms with Crippen molar-refractivity contribution in [2.24, 2.45) is 12.5 Å². The maximum absolute atomic E-state index is 14.6. The minimum absolute atomic E-state index is 0.00538. The molecule has 1 spiro atoms. The van der Waals surface area contributed by atoms with Gasteiger partial charge in [0, 0.05) is 49.9 Å². The van der Waals surface area contributed by atoms with Crippen LogP contribution in [0.1, 0.15) is 63.0 Å². The highest BCUT2D eigenvalue weighted by Gasteiger charge is 2.42. The number of aryl methyl sites for hydroxylation is 1. The van der Waals surface area contributed by atoms with Crippen molar-refractivity contribution in [3.05, 3.63) is 82.4 Å². The summed E-state index contributed by atoms with van der Waals surface area (Å²) in [6.45, 7) is 2.15. The summed E-state index contributed by atoms with van der Waals surface area (Å²) in [5.41, 5.74) is 1.94. The summed E-state index contributed by atoms with van der Waals surface area (Å²) in [5, 5.41) is 3.25. The lowest BCUT2D eigenvalue weighted by Crippen LogP contribution is -2.54. The molecule has 2 aliphatic heterocycles. The molecule has 3 heterocycles. The van der Waals surface area contributed by atoms with E-state index in [1.807, 2.05) is 36.2 Å². The van der Waals surface area contributed by atoms with Gasteiger partial charge in [-0.25, -0.2) is 18.6 Å². The second-order valence-electron chi connectivity index (χ2n) is 12.3. The number of carbonyl (C=O) groups excluding carboxylic acids is 1. The SMILES string of the molecule is CNC1CCN(C(=O)N2CCCC3(CCCC3)C2)C(c2cccc(F)c2F)C1.COc1ccccc1-c1cc(=O)n(C)cn1. The van der Waals surface area contributed by atoms with Gasteiger partial charge in [-0.1, -0.05) is 37.1 Å². The molecule has 1 N–H and O–H groups in total. The van der Waals surface area contributed by atoms with E-state index in [-0.39, 0.29) is 23.0 Å². The molecule has 3 aliphatic rings. The number of nitrogens with one attached hydrogen (secondary N) is 1. The van der Waals surface area contributed by atoms with Crippen LogP contribution in [0.15, 0.2) is 59.7 Å². The summed E-state index contributed by atoms with van der Waals surface area (Å²) in [5.74, 6) is -0.962. The van der Waals surface area contributed by atoms with E-state index in [2.05, 4.69) is 10.3 Å². The molecule has 1 aliphatic carbocycles. The number of carbonyl (C=O) groups is 1. The van der Waals surface area contributed by atoms with Crippen LogP contribution >= 0.6 is 0 Å². The Hall–Kier alpha value is -3.79. The Bertz CT molecular complexity index is 1510. The predicted octanol–water partition coefficient (Wildman–Crippen LogP) is 5.92. The van der Waals surface area contributed by atoms with Crippen LogP contribution in [-0.4, -0.2) is 65.2 Å². The van der Waals surface area contributed by atoms with Crippen LogP contribution < -0.4 is 15.6 Å². The van der Waals surface area contributed by atoms with E-state index in [1.165, 1.54) is 55.1 Å². The predicted molar refractivity (Wildman–Crippen MR) is 166 cm³/mol. The fraction of sp³-hybridized carbons (Fsp3) is 0.500. The second-order valence-corrected chi connectivity index (χ2v) is 12.3. The van der Waals surface area contributed by atoms with Gasteiger partial charge in [0.1, 0.15) is 5.75 Å². The molecule has 0 bridgehead atoms. The molecular weight excluding hydrogens is 564 g/mol. The van der Waals surface area contributed by atoms with Gasteiger partial charge in [-0.05, 0) is 69.2 Å². The third-order valence-corrected chi connectivity index (χ3v) is 9.55. The summed E-state index contributed by atoms with van der Waals surface area (Å²) in [4.78, 5) is 33.0. The molecular formula is C34H43F2N5O3. The van der Waals surface area contributed by atoms with Crippen molar-refractivity contribution in [1.29, 1.82) is 0 Å². The molecule has 236 valence electrons. The first-order valence-electron chi connectivity index (χ1n) is 15.6. The molecule has 3 aromatic rings. The molecule has 2 aromatic carbocycles. The molecule has 6 rings (SSSR count). The maximum atomic E-state index is 14.6. The zero-order valence-electron chi connectivity index (χ0n) is 25.9. The first-order chi connectivity index (χ1) is 21.2. The number of nitrogens with zero attached hydrogens (tertiary/aromatic N) is 4. The van der Waals surface area contributed by atoms with Crippen LogP contribution in [0, 0.1) is 17.0 Å². The number of piperidine rings is 2. The minimum Gasteiger partial charge on any atom is -0.496 e. The highest BCUT2D eigenvalue weighted by Crippen LogP contribution is 2.45. The molecule has 8 nitrogen and oxygen atoms in total. The Balaban J connectivity index is 0.000000204. The molecule has 1 aromatic heterocycles. The van der Waals surface area contributed by atoms with Crippen molar-refractivity contribution in [3.8, 4) is 17.0 Å². The number of halogens is 2. The van der Waals surface area contributed by atoms with Gasteiger partial charge >= 0.3 is 6.03 Å². The molecule has 2 amide bonds. The van der Waals surface area contributed by atoms with Gasteiger partial charge in [0.2, 0.25) is 0 Å². The Kier molecular flexibility index (Phi) is 9.98. The molecule has 0 radical (unpaired) electrons. The van der Waals surface area contributed by atoms with E-state index >= 15 is 0 Å². The second kappa shape index (κ2) is 13.9. The zero-order chi connectivity index (χ0) is 31.3. The smallest absolute Gasteiger partial charge is 0.320 e.